The summed E-state index contributed by atoms with van der Waals surface area (Å²) < 4.78 is 6.38. The number of nitrogens with zero attached hydrogens (tertiary/aromatic N) is 2. The number of carbonyl (C=O) groups is 1. The normalized spacial score (nSPS) is 11.7. The van der Waals surface area contributed by atoms with Crippen molar-refractivity contribution in [1.82, 2.24) is 9.78 Å². The predicted molar refractivity (Wildman–Crippen MR) is 110 cm³/mol. The number of amides is 1. The summed E-state index contributed by atoms with van der Waals surface area (Å²) in [5.41, 5.74) is 3.00. The van der Waals surface area contributed by atoms with Crippen molar-refractivity contribution in [3.05, 3.63) is 76.6 Å². The average Bonchev–Trinajstić information content (AvgIpc) is 2.71. The number of carbonyl (C=O) groups excluding carboxylic acids is 1. The summed E-state index contributed by atoms with van der Waals surface area (Å²) in [6, 6.07) is 17.3. The van der Waals surface area contributed by atoms with E-state index in [1.807, 2.05) is 38.1 Å². The van der Waals surface area contributed by atoms with Crippen LogP contribution in [0.2, 0.25) is 0 Å². The smallest absolute Gasteiger partial charge is 0.267 e. The Morgan fingerprint density at radius 1 is 1.07 bits per heavy atom. The zero-order valence-corrected chi connectivity index (χ0v) is 16.2. The molecule has 144 valence electrons. The van der Waals surface area contributed by atoms with E-state index >= 15 is 0 Å². The molecule has 0 fully saturated rings. The standard InChI is InChI=1S/C22H23N3O3/c1-4-20(22(27)23-17-9-11-18(28-3)12-10-17)25-21(26)14-13-19(24-25)16-7-5-15(2)6-8-16/h5-14,20H,4H2,1-3H3,(H,23,27)/t20-/m1/s1. The largest absolute Gasteiger partial charge is 0.497 e. The van der Waals surface area contributed by atoms with Crippen LogP contribution in [-0.2, 0) is 4.79 Å². The lowest BCUT2D eigenvalue weighted by molar-refractivity contribution is -0.119. The van der Waals surface area contributed by atoms with E-state index in [-0.39, 0.29) is 11.5 Å². The minimum atomic E-state index is -0.708. The Kier molecular flexibility index (Phi) is 5.89. The molecule has 0 bridgehead atoms. The third-order valence-corrected chi connectivity index (χ3v) is 4.51. The molecule has 1 atom stereocenters. The van der Waals surface area contributed by atoms with Gasteiger partial charge in [-0.05, 0) is 43.7 Å². The third kappa shape index (κ3) is 4.28. The Balaban J connectivity index is 1.88. The molecule has 0 aliphatic heterocycles. The van der Waals surface area contributed by atoms with Crippen molar-refractivity contribution in [2.75, 3.05) is 12.4 Å². The molecule has 6 nitrogen and oxygen atoms in total. The summed E-state index contributed by atoms with van der Waals surface area (Å²) in [6.45, 7) is 3.86. The van der Waals surface area contributed by atoms with Gasteiger partial charge in [-0.3, -0.25) is 9.59 Å². The number of anilines is 1. The second-order valence-electron chi connectivity index (χ2n) is 6.51. The number of aromatic nitrogens is 2. The second kappa shape index (κ2) is 8.52. The van der Waals surface area contributed by atoms with Crippen molar-refractivity contribution < 1.29 is 9.53 Å². The van der Waals surface area contributed by atoms with Gasteiger partial charge in [0.2, 0.25) is 5.91 Å². The molecular formula is C22H23N3O3. The topological polar surface area (TPSA) is 73.2 Å². The first-order valence-electron chi connectivity index (χ1n) is 9.13. The average molecular weight is 377 g/mol. The van der Waals surface area contributed by atoms with E-state index in [1.54, 1.807) is 37.4 Å². The van der Waals surface area contributed by atoms with Gasteiger partial charge in [-0.15, -0.1) is 0 Å². The van der Waals surface area contributed by atoms with Crippen LogP contribution in [0, 0.1) is 6.92 Å². The molecule has 1 amide bonds. The fourth-order valence-electron chi connectivity index (χ4n) is 2.90. The second-order valence-corrected chi connectivity index (χ2v) is 6.51. The Morgan fingerprint density at radius 3 is 2.36 bits per heavy atom. The number of hydrogen-bond donors (Lipinski definition) is 1. The highest BCUT2D eigenvalue weighted by Crippen LogP contribution is 2.20. The maximum atomic E-state index is 12.8. The van der Waals surface area contributed by atoms with E-state index in [0.717, 1.165) is 11.1 Å². The van der Waals surface area contributed by atoms with Crippen LogP contribution in [0.4, 0.5) is 5.69 Å². The lowest BCUT2D eigenvalue weighted by Crippen LogP contribution is -2.34. The minimum absolute atomic E-state index is 0.289. The number of hydrogen-bond acceptors (Lipinski definition) is 4. The monoisotopic (exact) mass is 377 g/mol. The molecule has 0 aliphatic carbocycles. The molecule has 0 saturated carbocycles. The minimum Gasteiger partial charge on any atom is -0.497 e. The molecule has 0 aliphatic rings. The molecule has 0 unspecified atom stereocenters. The van der Waals surface area contributed by atoms with Crippen molar-refractivity contribution in [2.24, 2.45) is 0 Å². The molecule has 1 aromatic heterocycles. The Bertz CT molecular complexity index is 1010. The van der Waals surface area contributed by atoms with Crippen LogP contribution < -0.4 is 15.6 Å². The summed E-state index contributed by atoms with van der Waals surface area (Å²) >= 11 is 0. The van der Waals surface area contributed by atoms with Crippen molar-refractivity contribution in [2.45, 2.75) is 26.3 Å². The number of aryl methyl sites for hydroxylation is 1. The first-order valence-corrected chi connectivity index (χ1v) is 9.13. The SMILES string of the molecule is CC[C@H](C(=O)Nc1ccc(OC)cc1)n1nc(-c2ccc(C)cc2)ccc1=O. The first kappa shape index (κ1) is 19.4. The van der Waals surface area contributed by atoms with Crippen molar-refractivity contribution >= 4 is 11.6 Å². The highest BCUT2D eigenvalue weighted by atomic mass is 16.5. The summed E-state index contributed by atoms with van der Waals surface area (Å²) in [7, 11) is 1.58. The highest BCUT2D eigenvalue weighted by molar-refractivity contribution is 5.93. The van der Waals surface area contributed by atoms with E-state index in [9.17, 15) is 9.59 Å². The molecule has 2 aromatic carbocycles. The molecule has 1 N–H and O–H groups in total. The van der Waals surface area contributed by atoms with Gasteiger partial charge >= 0.3 is 0 Å². The fourth-order valence-corrected chi connectivity index (χ4v) is 2.90. The van der Waals surface area contributed by atoms with E-state index in [2.05, 4.69) is 10.4 Å². The van der Waals surface area contributed by atoms with Gasteiger partial charge in [0.25, 0.3) is 5.56 Å². The lowest BCUT2D eigenvalue weighted by atomic mass is 10.1. The summed E-state index contributed by atoms with van der Waals surface area (Å²) in [4.78, 5) is 25.2. The fraction of sp³-hybridized carbons (Fsp3) is 0.227. The molecule has 0 radical (unpaired) electrons. The number of nitrogens with one attached hydrogen (secondary N) is 1. The van der Waals surface area contributed by atoms with Crippen LogP contribution in [0.5, 0.6) is 5.75 Å². The lowest BCUT2D eigenvalue weighted by Gasteiger charge is -2.17. The number of ether oxygens (including phenoxy) is 1. The van der Waals surface area contributed by atoms with Gasteiger partial charge in [0.1, 0.15) is 11.8 Å². The van der Waals surface area contributed by atoms with Crippen LogP contribution >= 0.6 is 0 Å². The molecule has 28 heavy (non-hydrogen) atoms. The van der Waals surface area contributed by atoms with Gasteiger partial charge in [0.15, 0.2) is 0 Å². The third-order valence-electron chi connectivity index (χ3n) is 4.51. The molecule has 1 heterocycles. The zero-order valence-electron chi connectivity index (χ0n) is 16.2. The van der Waals surface area contributed by atoms with Crippen LogP contribution in [0.25, 0.3) is 11.3 Å². The van der Waals surface area contributed by atoms with Crippen LogP contribution in [0.15, 0.2) is 65.5 Å². The summed E-state index contributed by atoms with van der Waals surface area (Å²) in [5, 5.41) is 7.30. The number of rotatable bonds is 6. The Labute approximate surface area is 163 Å². The quantitative estimate of drug-likeness (QED) is 0.709. The van der Waals surface area contributed by atoms with E-state index in [1.165, 1.54) is 10.7 Å². The predicted octanol–water partition coefficient (Wildman–Crippen LogP) is 3.82. The first-order chi connectivity index (χ1) is 13.5. The summed E-state index contributed by atoms with van der Waals surface area (Å²) in [5.74, 6) is 0.414. The Morgan fingerprint density at radius 2 is 1.75 bits per heavy atom. The van der Waals surface area contributed by atoms with Crippen molar-refractivity contribution in [3.8, 4) is 17.0 Å². The van der Waals surface area contributed by atoms with Crippen LogP contribution in [0.3, 0.4) is 0 Å². The van der Waals surface area contributed by atoms with Gasteiger partial charge in [-0.2, -0.15) is 5.10 Å². The maximum Gasteiger partial charge on any atom is 0.267 e. The molecular weight excluding hydrogens is 354 g/mol. The molecule has 0 saturated heterocycles. The van der Waals surface area contributed by atoms with Crippen LogP contribution in [-0.4, -0.2) is 22.8 Å². The van der Waals surface area contributed by atoms with E-state index in [0.29, 0.717) is 23.6 Å². The number of benzene rings is 2. The maximum absolute atomic E-state index is 12.8. The highest BCUT2D eigenvalue weighted by Gasteiger charge is 2.21. The van der Waals surface area contributed by atoms with E-state index < -0.39 is 6.04 Å². The van der Waals surface area contributed by atoms with Gasteiger partial charge in [-0.25, -0.2) is 4.68 Å². The molecule has 6 heteroatoms. The van der Waals surface area contributed by atoms with Gasteiger partial charge < -0.3 is 10.1 Å². The van der Waals surface area contributed by atoms with Gasteiger partial charge in [0.05, 0.1) is 12.8 Å². The van der Waals surface area contributed by atoms with Crippen molar-refractivity contribution in [3.63, 3.8) is 0 Å². The summed E-state index contributed by atoms with van der Waals surface area (Å²) in [6.07, 6.45) is 0.437. The zero-order chi connectivity index (χ0) is 20.1. The van der Waals surface area contributed by atoms with Crippen LogP contribution in [0.1, 0.15) is 24.9 Å². The van der Waals surface area contributed by atoms with Crippen molar-refractivity contribution in [1.29, 1.82) is 0 Å². The Hall–Kier alpha value is -3.41. The number of methoxy groups -OCH3 is 1. The van der Waals surface area contributed by atoms with E-state index in [4.69, 9.17) is 4.74 Å². The van der Waals surface area contributed by atoms with Gasteiger partial charge in [-0.1, -0.05) is 36.8 Å². The molecule has 3 aromatic rings. The van der Waals surface area contributed by atoms with Gasteiger partial charge in [0, 0.05) is 17.3 Å². The molecule has 0 spiro atoms. The molecule has 3 rings (SSSR count).